The second-order valence-corrected chi connectivity index (χ2v) is 6.98. The number of amides is 1. The average Bonchev–Trinajstić information content (AvgIpc) is 3.18. The Balaban J connectivity index is 1.86. The Hall–Kier alpha value is -3.82. The number of anilines is 1. The smallest absolute Gasteiger partial charge is 0.337 e. The lowest BCUT2D eigenvalue weighted by Crippen LogP contribution is -2.14. The first-order valence-corrected chi connectivity index (χ1v) is 9.30. The lowest BCUT2D eigenvalue weighted by molar-refractivity contribution is -0.112. The van der Waals surface area contributed by atoms with Gasteiger partial charge in [-0.05, 0) is 61.4 Å². The maximum Gasteiger partial charge on any atom is 0.337 e. The number of carbonyl (C=O) groups is 2. The molecule has 2 N–H and O–H groups in total. The maximum atomic E-state index is 12.5. The molecule has 0 fully saturated rings. The predicted molar refractivity (Wildman–Crippen MR) is 114 cm³/mol. The maximum absolute atomic E-state index is 12.5. The van der Waals surface area contributed by atoms with Gasteiger partial charge in [-0.15, -0.1) is 0 Å². The van der Waals surface area contributed by atoms with Crippen molar-refractivity contribution >= 4 is 35.2 Å². The van der Waals surface area contributed by atoms with Crippen molar-refractivity contribution in [3.8, 4) is 17.4 Å². The highest BCUT2D eigenvalue weighted by molar-refractivity contribution is 6.33. The zero-order chi connectivity index (χ0) is 21.8. The number of hydrogen-bond donors (Lipinski definition) is 2. The summed E-state index contributed by atoms with van der Waals surface area (Å²) in [6, 6.07) is 15.1. The molecule has 3 aromatic rings. The van der Waals surface area contributed by atoms with Gasteiger partial charge in [0.2, 0.25) is 0 Å². The van der Waals surface area contributed by atoms with Gasteiger partial charge in [-0.3, -0.25) is 4.79 Å². The van der Waals surface area contributed by atoms with Crippen LogP contribution in [0, 0.1) is 25.2 Å². The Morgan fingerprint density at radius 2 is 1.93 bits per heavy atom. The molecule has 1 heterocycles. The third kappa shape index (κ3) is 4.43. The minimum absolute atomic E-state index is 0.0479. The summed E-state index contributed by atoms with van der Waals surface area (Å²) in [6.45, 7) is 3.82. The SMILES string of the molecule is Cc1cccc(NC(=O)/C(C#N)=C/c2ccc(-c3ccc(Cl)c(C(=O)O)c3)o2)c1C. The molecule has 0 aliphatic carbocycles. The van der Waals surface area contributed by atoms with Crippen molar-refractivity contribution < 1.29 is 19.1 Å². The molecule has 150 valence electrons. The van der Waals surface area contributed by atoms with Gasteiger partial charge in [0.05, 0.1) is 10.6 Å². The average molecular weight is 421 g/mol. The number of carboxylic acids is 1. The zero-order valence-corrected chi connectivity index (χ0v) is 16.9. The van der Waals surface area contributed by atoms with Crippen LogP contribution in [0.5, 0.6) is 0 Å². The monoisotopic (exact) mass is 420 g/mol. The van der Waals surface area contributed by atoms with Gasteiger partial charge in [-0.2, -0.15) is 5.26 Å². The molecule has 3 rings (SSSR count). The minimum Gasteiger partial charge on any atom is -0.478 e. The van der Waals surface area contributed by atoms with Crippen molar-refractivity contribution in [2.45, 2.75) is 13.8 Å². The van der Waals surface area contributed by atoms with Crippen LogP contribution in [-0.4, -0.2) is 17.0 Å². The lowest BCUT2D eigenvalue weighted by atomic mass is 10.1. The van der Waals surface area contributed by atoms with Gasteiger partial charge in [-0.1, -0.05) is 23.7 Å². The summed E-state index contributed by atoms with van der Waals surface area (Å²) >= 11 is 5.89. The Bertz CT molecular complexity index is 1220. The van der Waals surface area contributed by atoms with E-state index in [1.165, 1.54) is 18.2 Å². The number of furan rings is 1. The Kier molecular flexibility index (Phi) is 6.05. The molecule has 0 saturated carbocycles. The number of carboxylic acid groups (broad SMARTS) is 1. The Morgan fingerprint density at radius 3 is 2.63 bits per heavy atom. The molecule has 30 heavy (non-hydrogen) atoms. The standard InChI is InChI=1S/C23H17ClN2O4/c1-13-4-3-5-20(14(13)2)26-22(27)16(12-25)10-17-7-9-21(30-17)15-6-8-19(24)18(11-15)23(28)29/h3-11H,1-2H3,(H,26,27)(H,28,29)/b16-10+. The van der Waals surface area contributed by atoms with E-state index in [2.05, 4.69) is 5.32 Å². The summed E-state index contributed by atoms with van der Waals surface area (Å²) in [5, 5.41) is 21.5. The van der Waals surface area contributed by atoms with Crippen LogP contribution in [0.4, 0.5) is 5.69 Å². The largest absolute Gasteiger partial charge is 0.478 e. The number of halogens is 1. The summed E-state index contributed by atoms with van der Waals surface area (Å²) in [6.07, 6.45) is 1.33. The van der Waals surface area contributed by atoms with Crippen molar-refractivity contribution in [2.75, 3.05) is 5.32 Å². The van der Waals surface area contributed by atoms with Crippen LogP contribution >= 0.6 is 11.6 Å². The van der Waals surface area contributed by atoms with E-state index in [4.69, 9.17) is 16.0 Å². The van der Waals surface area contributed by atoms with Crippen LogP contribution in [0.2, 0.25) is 5.02 Å². The molecule has 0 unspecified atom stereocenters. The van der Waals surface area contributed by atoms with Gasteiger partial charge in [0.25, 0.3) is 5.91 Å². The van der Waals surface area contributed by atoms with E-state index >= 15 is 0 Å². The van der Waals surface area contributed by atoms with E-state index in [1.807, 2.05) is 32.0 Å². The topological polar surface area (TPSA) is 103 Å². The third-order valence-corrected chi connectivity index (χ3v) is 4.94. The number of carbonyl (C=O) groups excluding carboxylic acids is 1. The molecule has 0 spiro atoms. The second-order valence-electron chi connectivity index (χ2n) is 6.57. The molecule has 7 heteroatoms. The molecule has 0 aliphatic heterocycles. The van der Waals surface area contributed by atoms with E-state index in [0.717, 1.165) is 11.1 Å². The van der Waals surface area contributed by atoms with Crippen molar-refractivity contribution in [2.24, 2.45) is 0 Å². The normalized spacial score (nSPS) is 11.1. The number of nitrogens with one attached hydrogen (secondary N) is 1. The lowest BCUT2D eigenvalue weighted by Gasteiger charge is -2.09. The third-order valence-electron chi connectivity index (χ3n) is 4.61. The Labute approximate surface area is 178 Å². The quantitative estimate of drug-likeness (QED) is 0.421. The molecule has 6 nitrogen and oxygen atoms in total. The zero-order valence-electron chi connectivity index (χ0n) is 16.2. The Morgan fingerprint density at radius 1 is 1.17 bits per heavy atom. The first-order valence-electron chi connectivity index (χ1n) is 8.92. The van der Waals surface area contributed by atoms with Crippen molar-refractivity contribution in [3.05, 3.63) is 81.6 Å². The van der Waals surface area contributed by atoms with E-state index < -0.39 is 11.9 Å². The van der Waals surface area contributed by atoms with Gasteiger partial charge in [0, 0.05) is 17.3 Å². The number of nitrogens with zero attached hydrogens (tertiary/aromatic N) is 1. The van der Waals surface area contributed by atoms with Gasteiger partial charge in [0.15, 0.2) is 0 Å². The van der Waals surface area contributed by atoms with E-state index in [0.29, 0.717) is 17.0 Å². The molecule has 0 bridgehead atoms. The van der Waals surface area contributed by atoms with Crippen molar-refractivity contribution in [1.82, 2.24) is 0 Å². The van der Waals surface area contributed by atoms with E-state index in [-0.39, 0.29) is 21.9 Å². The molecule has 1 aromatic heterocycles. The van der Waals surface area contributed by atoms with Crippen LogP contribution in [0.1, 0.15) is 27.2 Å². The summed E-state index contributed by atoms with van der Waals surface area (Å²) < 4.78 is 5.68. The first kappa shape index (κ1) is 20.9. The molecule has 0 saturated heterocycles. The van der Waals surface area contributed by atoms with E-state index in [1.54, 1.807) is 24.3 Å². The number of rotatable bonds is 5. The molecule has 2 aromatic carbocycles. The molecule has 0 aliphatic rings. The van der Waals surface area contributed by atoms with Crippen molar-refractivity contribution in [1.29, 1.82) is 5.26 Å². The van der Waals surface area contributed by atoms with Crippen LogP contribution < -0.4 is 5.32 Å². The highest BCUT2D eigenvalue weighted by Gasteiger charge is 2.15. The molecular weight excluding hydrogens is 404 g/mol. The fourth-order valence-corrected chi connectivity index (χ4v) is 2.99. The van der Waals surface area contributed by atoms with E-state index in [9.17, 15) is 20.0 Å². The van der Waals surface area contributed by atoms with Crippen LogP contribution in [0.25, 0.3) is 17.4 Å². The summed E-state index contributed by atoms with van der Waals surface area (Å²) in [5.74, 6) is -1.04. The number of hydrogen-bond acceptors (Lipinski definition) is 4. The molecule has 0 radical (unpaired) electrons. The van der Waals surface area contributed by atoms with Gasteiger partial charge in [0.1, 0.15) is 23.2 Å². The van der Waals surface area contributed by atoms with Gasteiger partial charge in [-0.25, -0.2) is 4.79 Å². The predicted octanol–water partition coefficient (Wildman–Crippen LogP) is 5.46. The van der Waals surface area contributed by atoms with Crippen LogP contribution in [0.15, 0.2) is 58.5 Å². The summed E-state index contributed by atoms with van der Waals surface area (Å²) in [4.78, 5) is 23.8. The number of aromatic carboxylic acids is 1. The highest BCUT2D eigenvalue weighted by Crippen LogP contribution is 2.28. The number of aryl methyl sites for hydroxylation is 1. The van der Waals surface area contributed by atoms with Gasteiger partial charge >= 0.3 is 5.97 Å². The first-order chi connectivity index (χ1) is 14.3. The fraction of sp³-hybridized carbons (Fsp3) is 0.0870. The van der Waals surface area contributed by atoms with Crippen molar-refractivity contribution in [3.63, 3.8) is 0 Å². The highest BCUT2D eigenvalue weighted by atomic mass is 35.5. The number of benzene rings is 2. The minimum atomic E-state index is -1.15. The van der Waals surface area contributed by atoms with Crippen LogP contribution in [0.3, 0.4) is 0 Å². The number of nitriles is 1. The van der Waals surface area contributed by atoms with Crippen LogP contribution in [-0.2, 0) is 4.79 Å². The summed E-state index contributed by atoms with van der Waals surface area (Å²) in [7, 11) is 0. The molecule has 1 amide bonds. The second kappa shape index (κ2) is 8.68. The van der Waals surface area contributed by atoms with Gasteiger partial charge < -0.3 is 14.8 Å². The fourth-order valence-electron chi connectivity index (χ4n) is 2.80. The summed E-state index contributed by atoms with van der Waals surface area (Å²) in [5.41, 5.74) is 2.90. The molecule has 0 atom stereocenters. The molecular formula is C23H17ClN2O4.